The number of carbonyl (C=O) groups excluding carboxylic acids is 2. The van der Waals surface area contributed by atoms with Gasteiger partial charge in [-0.15, -0.1) is 4.31 Å². The van der Waals surface area contributed by atoms with Crippen LogP contribution in [0.3, 0.4) is 0 Å². The molecule has 0 unspecified atom stereocenters. The Labute approximate surface area is 133 Å². The van der Waals surface area contributed by atoms with Crippen molar-refractivity contribution in [2.45, 2.75) is 11.3 Å². The monoisotopic (exact) mass is 330 g/mol. The predicted octanol–water partition coefficient (Wildman–Crippen LogP) is 1.78. The van der Waals surface area contributed by atoms with Crippen LogP contribution in [-0.4, -0.2) is 31.2 Å². The minimum Gasteiger partial charge on any atom is -0.336 e. The van der Waals surface area contributed by atoms with Crippen LogP contribution in [0.5, 0.6) is 0 Å². The van der Waals surface area contributed by atoms with Crippen molar-refractivity contribution in [1.82, 2.24) is 9.62 Å². The number of imide groups is 1. The van der Waals surface area contributed by atoms with E-state index in [9.17, 15) is 18.0 Å². The lowest BCUT2D eigenvalue weighted by molar-refractivity contribution is 0.0894. The summed E-state index contributed by atoms with van der Waals surface area (Å²) in [7, 11) is -4.12. The molecule has 0 spiro atoms. The van der Waals surface area contributed by atoms with Crippen molar-refractivity contribution in [1.29, 1.82) is 0 Å². The van der Waals surface area contributed by atoms with E-state index in [4.69, 9.17) is 0 Å². The molecule has 0 aromatic heterocycles. The predicted molar refractivity (Wildman–Crippen MR) is 83.3 cm³/mol. The van der Waals surface area contributed by atoms with Crippen molar-refractivity contribution in [3.63, 3.8) is 0 Å². The minimum absolute atomic E-state index is 0.0192. The number of benzene rings is 2. The molecule has 7 heteroatoms. The number of amides is 3. The average Bonchev–Trinajstić information content (AvgIpc) is 2.75. The maximum Gasteiger partial charge on any atom is 0.338 e. The van der Waals surface area contributed by atoms with Crippen molar-refractivity contribution in [3.8, 4) is 0 Å². The molecule has 1 N–H and O–H groups in total. The van der Waals surface area contributed by atoms with Crippen LogP contribution in [0.15, 0.2) is 59.5 Å². The zero-order valence-corrected chi connectivity index (χ0v) is 12.9. The van der Waals surface area contributed by atoms with E-state index in [1.54, 1.807) is 6.07 Å². The molecule has 3 amide bonds. The zero-order valence-electron chi connectivity index (χ0n) is 12.1. The Morgan fingerprint density at radius 2 is 1.65 bits per heavy atom. The first-order valence-electron chi connectivity index (χ1n) is 7.02. The molecule has 0 aliphatic carbocycles. The van der Waals surface area contributed by atoms with Gasteiger partial charge in [-0.3, -0.25) is 4.79 Å². The van der Waals surface area contributed by atoms with Crippen molar-refractivity contribution in [3.05, 3.63) is 65.7 Å². The molecule has 0 atom stereocenters. The van der Waals surface area contributed by atoms with Gasteiger partial charge in [-0.05, 0) is 24.1 Å². The number of nitrogens with one attached hydrogen (secondary N) is 1. The van der Waals surface area contributed by atoms with E-state index < -0.39 is 22.0 Å². The number of hydrogen-bond donors (Lipinski definition) is 1. The molecule has 23 heavy (non-hydrogen) atoms. The fourth-order valence-electron chi connectivity index (χ4n) is 2.42. The van der Waals surface area contributed by atoms with E-state index in [0.717, 1.165) is 5.56 Å². The lowest BCUT2D eigenvalue weighted by Gasteiger charge is -2.14. The molecule has 0 saturated heterocycles. The molecule has 2 aromatic carbocycles. The quantitative estimate of drug-likeness (QED) is 0.930. The summed E-state index contributed by atoms with van der Waals surface area (Å²) in [5, 5.41) is 2.48. The molecule has 3 rings (SSSR count). The Balaban J connectivity index is 1.72. The number of hydrogen-bond acceptors (Lipinski definition) is 4. The molecule has 1 aliphatic heterocycles. The smallest absolute Gasteiger partial charge is 0.336 e. The second-order valence-electron chi connectivity index (χ2n) is 5.04. The van der Waals surface area contributed by atoms with Gasteiger partial charge in [-0.25, -0.2) is 13.2 Å². The molecular formula is C16H14N2O4S. The first-order valence-corrected chi connectivity index (χ1v) is 8.46. The molecular weight excluding hydrogens is 316 g/mol. The van der Waals surface area contributed by atoms with Gasteiger partial charge in [0.05, 0.1) is 5.56 Å². The van der Waals surface area contributed by atoms with Gasteiger partial charge in [0.25, 0.3) is 15.9 Å². The number of carbonyl (C=O) groups is 2. The standard InChI is InChI=1S/C16H14N2O4S/c19-15-13-8-4-5-9-14(13)23(21,22)18(15)16(20)17-11-10-12-6-2-1-3-7-12/h1-9H,10-11H2,(H,17,20). The maximum atomic E-state index is 12.3. The summed E-state index contributed by atoms with van der Waals surface area (Å²) >= 11 is 0. The van der Waals surface area contributed by atoms with Gasteiger partial charge >= 0.3 is 6.03 Å². The third-order valence-corrected chi connectivity index (χ3v) is 5.26. The van der Waals surface area contributed by atoms with E-state index in [-0.39, 0.29) is 17.0 Å². The van der Waals surface area contributed by atoms with Crippen LogP contribution in [0.25, 0.3) is 0 Å². The highest BCUT2D eigenvalue weighted by atomic mass is 32.2. The SMILES string of the molecule is O=C(NCCc1ccccc1)N1C(=O)c2ccccc2S1(=O)=O. The van der Waals surface area contributed by atoms with Crippen LogP contribution in [-0.2, 0) is 16.4 Å². The Hall–Kier alpha value is -2.67. The second-order valence-corrected chi connectivity index (χ2v) is 6.79. The molecule has 1 aliphatic rings. The molecule has 1 heterocycles. The number of fused-ring (bicyclic) bond motifs is 1. The highest BCUT2D eigenvalue weighted by Gasteiger charge is 2.44. The zero-order chi connectivity index (χ0) is 16.4. The molecule has 0 bridgehead atoms. The Morgan fingerprint density at radius 1 is 1.00 bits per heavy atom. The van der Waals surface area contributed by atoms with E-state index >= 15 is 0 Å². The second kappa shape index (κ2) is 5.85. The third kappa shape index (κ3) is 2.70. The van der Waals surface area contributed by atoms with Crippen molar-refractivity contribution in [2.24, 2.45) is 0 Å². The summed E-state index contributed by atoms with van der Waals surface area (Å²) < 4.78 is 24.9. The molecule has 118 valence electrons. The third-order valence-electron chi connectivity index (χ3n) is 3.54. The summed E-state index contributed by atoms with van der Waals surface area (Å²) in [5.74, 6) is -0.821. The number of rotatable bonds is 3. The van der Waals surface area contributed by atoms with E-state index in [0.29, 0.717) is 10.7 Å². The van der Waals surface area contributed by atoms with E-state index in [1.807, 2.05) is 30.3 Å². The van der Waals surface area contributed by atoms with Gasteiger partial charge < -0.3 is 5.32 Å². The summed E-state index contributed by atoms with van der Waals surface area (Å²) in [6.45, 7) is 0.235. The minimum atomic E-state index is -4.12. The Kier molecular flexibility index (Phi) is 3.87. The van der Waals surface area contributed by atoms with Crippen molar-refractivity contribution < 1.29 is 18.0 Å². The summed E-state index contributed by atoms with van der Waals surface area (Å²) in [6.07, 6.45) is 0.543. The average molecular weight is 330 g/mol. The van der Waals surface area contributed by atoms with E-state index in [2.05, 4.69) is 5.32 Å². The Morgan fingerprint density at radius 3 is 2.35 bits per heavy atom. The van der Waals surface area contributed by atoms with Crippen molar-refractivity contribution >= 4 is 22.0 Å². The summed E-state index contributed by atoms with van der Waals surface area (Å²) in [4.78, 5) is 24.2. The molecule has 0 radical (unpaired) electrons. The number of nitrogens with zero attached hydrogens (tertiary/aromatic N) is 1. The molecule has 6 nitrogen and oxygen atoms in total. The first kappa shape index (κ1) is 15.2. The normalized spacial score (nSPS) is 15.3. The highest BCUT2D eigenvalue weighted by molar-refractivity contribution is 7.90. The summed E-state index contributed by atoms with van der Waals surface area (Å²) in [6, 6.07) is 14.3. The van der Waals surface area contributed by atoms with Crippen molar-refractivity contribution in [2.75, 3.05) is 6.54 Å². The maximum absolute atomic E-state index is 12.3. The fourth-order valence-corrected chi connectivity index (χ4v) is 3.90. The van der Waals surface area contributed by atoms with Gasteiger partial charge in [0.15, 0.2) is 0 Å². The van der Waals surface area contributed by atoms with Gasteiger partial charge in [0.1, 0.15) is 4.90 Å². The number of sulfonamides is 1. The van der Waals surface area contributed by atoms with Crippen LogP contribution < -0.4 is 5.32 Å². The summed E-state index contributed by atoms with van der Waals surface area (Å²) in [5.41, 5.74) is 1.03. The van der Waals surface area contributed by atoms with E-state index in [1.165, 1.54) is 18.2 Å². The van der Waals surface area contributed by atoms with Crippen LogP contribution >= 0.6 is 0 Å². The van der Waals surface area contributed by atoms with Crippen LogP contribution in [0.4, 0.5) is 4.79 Å². The lowest BCUT2D eigenvalue weighted by atomic mass is 10.1. The molecule has 2 aromatic rings. The lowest BCUT2D eigenvalue weighted by Crippen LogP contribution is -2.44. The molecule has 0 fully saturated rings. The van der Waals surface area contributed by atoms with Crippen LogP contribution in [0.1, 0.15) is 15.9 Å². The van der Waals surface area contributed by atoms with Gasteiger partial charge in [0, 0.05) is 6.54 Å². The number of urea groups is 1. The fraction of sp³-hybridized carbons (Fsp3) is 0.125. The first-order chi connectivity index (χ1) is 11.0. The topological polar surface area (TPSA) is 83.6 Å². The van der Waals surface area contributed by atoms with Gasteiger partial charge in [0.2, 0.25) is 0 Å². The largest absolute Gasteiger partial charge is 0.338 e. The van der Waals surface area contributed by atoms with Gasteiger partial charge in [-0.1, -0.05) is 42.5 Å². The highest BCUT2D eigenvalue weighted by Crippen LogP contribution is 2.29. The van der Waals surface area contributed by atoms with Gasteiger partial charge in [-0.2, -0.15) is 0 Å². The van der Waals surface area contributed by atoms with Crippen LogP contribution in [0, 0.1) is 0 Å². The molecule has 0 saturated carbocycles. The van der Waals surface area contributed by atoms with Crippen LogP contribution in [0.2, 0.25) is 0 Å². The Bertz CT molecular complexity index is 863.